The SMILES string of the molecule is O=C(NCC1(c2ccccc2)CC1)C1CNC1. The highest BCUT2D eigenvalue weighted by Crippen LogP contribution is 2.47. The molecule has 3 rings (SSSR count). The van der Waals surface area contributed by atoms with Crippen molar-refractivity contribution in [3.8, 4) is 0 Å². The molecule has 0 spiro atoms. The van der Waals surface area contributed by atoms with Crippen LogP contribution in [0.3, 0.4) is 0 Å². The van der Waals surface area contributed by atoms with Gasteiger partial charge in [-0.2, -0.15) is 0 Å². The molecule has 2 N–H and O–H groups in total. The van der Waals surface area contributed by atoms with Crippen LogP contribution in [-0.4, -0.2) is 25.5 Å². The number of rotatable bonds is 4. The highest BCUT2D eigenvalue weighted by Gasteiger charge is 2.44. The second-order valence-corrected chi connectivity index (χ2v) is 5.22. The summed E-state index contributed by atoms with van der Waals surface area (Å²) in [5.74, 6) is 0.410. The van der Waals surface area contributed by atoms with E-state index in [0.717, 1.165) is 19.6 Å². The monoisotopic (exact) mass is 230 g/mol. The van der Waals surface area contributed by atoms with Gasteiger partial charge in [0.25, 0.3) is 0 Å². The van der Waals surface area contributed by atoms with Crippen LogP contribution in [0.5, 0.6) is 0 Å². The third-order valence-corrected chi connectivity index (χ3v) is 3.99. The van der Waals surface area contributed by atoms with Crippen molar-refractivity contribution in [1.29, 1.82) is 0 Å². The van der Waals surface area contributed by atoms with Crippen LogP contribution in [0.1, 0.15) is 18.4 Å². The lowest BCUT2D eigenvalue weighted by Crippen LogP contribution is -2.51. The smallest absolute Gasteiger partial charge is 0.225 e. The second kappa shape index (κ2) is 4.15. The van der Waals surface area contributed by atoms with Gasteiger partial charge >= 0.3 is 0 Å². The van der Waals surface area contributed by atoms with Crippen LogP contribution in [-0.2, 0) is 10.2 Å². The molecular weight excluding hydrogens is 212 g/mol. The highest BCUT2D eigenvalue weighted by molar-refractivity contribution is 5.80. The fraction of sp³-hybridized carbons (Fsp3) is 0.500. The van der Waals surface area contributed by atoms with Gasteiger partial charge in [0.05, 0.1) is 5.92 Å². The predicted octanol–water partition coefficient (Wildman–Crippen LogP) is 1.05. The summed E-state index contributed by atoms with van der Waals surface area (Å²) in [5, 5.41) is 6.23. The van der Waals surface area contributed by atoms with Crippen LogP contribution in [0.2, 0.25) is 0 Å². The number of nitrogens with one attached hydrogen (secondary N) is 2. The summed E-state index contributed by atoms with van der Waals surface area (Å²) in [5.41, 5.74) is 1.60. The Morgan fingerprint density at radius 1 is 1.29 bits per heavy atom. The Morgan fingerprint density at radius 3 is 2.53 bits per heavy atom. The van der Waals surface area contributed by atoms with Gasteiger partial charge in [-0.05, 0) is 18.4 Å². The zero-order chi connectivity index (χ0) is 11.7. The fourth-order valence-electron chi connectivity index (χ4n) is 2.38. The van der Waals surface area contributed by atoms with Crippen molar-refractivity contribution < 1.29 is 4.79 Å². The van der Waals surface area contributed by atoms with Crippen LogP contribution < -0.4 is 10.6 Å². The van der Waals surface area contributed by atoms with Gasteiger partial charge in [-0.3, -0.25) is 4.79 Å². The van der Waals surface area contributed by atoms with Crippen LogP contribution in [0.15, 0.2) is 30.3 Å². The molecule has 1 aromatic rings. The third-order valence-electron chi connectivity index (χ3n) is 3.99. The van der Waals surface area contributed by atoms with E-state index in [-0.39, 0.29) is 17.2 Å². The maximum Gasteiger partial charge on any atom is 0.225 e. The molecule has 0 radical (unpaired) electrons. The predicted molar refractivity (Wildman–Crippen MR) is 66.7 cm³/mol. The molecule has 1 amide bonds. The van der Waals surface area contributed by atoms with E-state index in [9.17, 15) is 4.79 Å². The fourth-order valence-corrected chi connectivity index (χ4v) is 2.38. The van der Waals surface area contributed by atoms with E-state index < -0.39 is 0 Å². The number of hydrogen-bond acceptors (Lipinski definition) is 2. The minimum absolute atomic E-state index is 0.196. The van der Waals surface area contributed by atoms with Gasteiger partial charge in [-0.25, -0.2) is 0 Å². The molecule has 2 fully saturated rings. The maximum atomic E-state index is 11.8. The van der Waals surface area contributed by atoms with E-state index in [2.05, 4.69) is 34.9 Å². The standard InChI is InChI=1S/C14H18N2O/c17-13(11-8-15-9-11)16-10-14(6-7-14)12-4-2-1-3-5-12/h1-5,11,15H,6-10H2,(H,16,17). The Balaban J connectivity index is 1.59. The molecular formula is C14H18N2O. The van der Waals surface area contributed by atoms with Gasteiger partial charge in [-0.1, -0.05) is 30.3 Å². The van der Waals surface area contributed by atoms with E-state index in [4.69, 9.17) is 0 Å². The van der Waals surface area contributed by atoms with E-state index >= 15 is 0 Å². The van der Waals surface area contributed by atoms with Gasteiger partial charge in [0, 0.05) is 25.0 Å². The molecule has 1 saturated heterocycles. The Kier molecular flexibility index (Phi) is 2.63. The lowest BCUT2D eigenvalue weighted by atomic mass is 9.95. The number of hydrogen-bond donors (Lipinski definition) is 2. The first kappa shape index (κ1) is 10.8. The van der Waals surface area contributed by atoms with Crippen LogP contribution in [0, 0.1) is 5.92 Å². The minimum atomic E-state index is 0.196. The summed E-state index contributed by atoms with van der Waals surface area (Å²) >= 11 is 0. The van der Waals surface area contributed by atoms with Crippen molar-refractivity contribution in [2.75, 3.05) is 19.6 Å². The topological polar surface area (TPSA) is 41.1 Å². The first-order valence-corrected chi connectivity index (χ1v) is 6.34. The van der Waals surface area contributed by atoms with Crippen molar-refractivity contribution >= 4 is 5.91 Å². The van der Waals surface area contributed by atoms with E-state index in [1.54, 1.807) is 0 Å². The minimum Gasteiger partial charge on any atom is -0.355 e. The highest BCUT2D eigenvalue weighted by atomic mass is 16.2. The van der Waals surface area contributed by atoms with Crippen LogP contribution >= 0.6 is 0 Å². The number of amides is 1. The zero-order valence-corrected chi connectivity index (χ0v) is 9.91. The Morgan fingerprint density at radius 2 is 2.00 bits per heavy atom. The summed E-state index contributed by atoms with van der Waals surface area (Å²) in [6.07, 6.45) is 2.39. The molecule has 0 unspecified atom stereocenters. The second-order valence-electron chi connectivity index (χ2n) is 5.22. The molecule has 1 aromatic carbocycles. The normalized spacial score (nSPS) is 21.6. The van der Waals surface area contributed by atoms with Gasteiger partial charge in [-0.15, -0.1) is 0 Å². The average Bonchev–Trinajstić information content (AvgIpc) is 3.06. The van der Waals surface area contributed by atoms with Crippen molar-refractivity contribution in [1.82, 2.24) is 10.6 Å². The lowest BCUT2D eigenvalue weighted by Gasteiger charge is -2.27. The van der Waals surface area contributed by atoms with E-state index in [1.807, 2.05) is 6.07 Å². The average molecular weight is 230 g/mol. The summed E-state index contributed by atoms with van der Waals surface area (Å²) < 4.78 is 0. The third kappa shape index (κ3) is 2.07. The molecule has 1 aliphatic heterocycles. The maximum absolute atomic E-state index is 11.8. The number of benzene rings is 1. The molecule has 3 heteroatoms. The van der Waals surface area contributed by atoms with E-state index in [0.29, 0.717) is 0 Å². The summed E-state index contributed by atoms with van der Waals surface area (Å²) in [6, 6.07) is 10.5. The first-order valence-electron chi connectivity index (χ1n) is 6.34. The Hall–Kier alpha value is -1.35. The van der Waals surface area contributed by atoms with Gasteiger partial charge < -0.3 is 10.6 Å². The molecule has 0 bridgehead atoms. The summed E-state index contributed by atoms with van der Waals surface area (Å²) in [4.78, 5) is 11.8. The number of carbonyl (C=O) groups is 1. The lowest BCUT2D eigenvalue weighted by molar-refractivity contribution is -0.126. The van der Waals surface area contributed by atoms with Gasteiger partial charge in [0.1, 0.15) is 0 Å². The zero-order valence-electron chi connectivity index (χ0n) is 9.91. The molecule has 1 aliphatic carbocycles. The summed E-state index contributed by atoms with van der Waals surface area (Å²) in [6.45, 7) is 2.47. The molecule has 17 heavy (non-hydrogen) atoms. The Labute approximate surface area is 102 Å². The summed E-state index contributed by atoms with van der Waals surface area (Å²) in [7, 11) is 0. The molecule has 1 heterocycles. The Bertz CT molecular complexity index is 407. The quantitative estimate of drug-likeness (QED) is 0.812. The molecule has 90 valence electrons. The number of carbonyl (C=O) groups excluding carboxylic acids is 1. The van der Waals surface area contributed by atoms with Crippen molar-refractivity contribution in [2.24, 2.45) is 5.92 Å². The molecule has 3 nitrogen and oxygen atoms in total. The van der Waals surface area contributed by atoms with Crippen LogP contribution in [0.25, 0.3) is 0 Å². The molecule has 0 aromatic heterocycles. The largest absolute Gasteiger partial charge is 0.355 e. The van der Waals surface area contributed by atoms with Crippen molar-refractivity contribution in [3.63, 3.8) is 0 Å². The van der Waals surface area contributed by atoms with Gasteiger partial charge in [0.15, 0.2) is 0 Å². The molecule has 2 aliphatic rings. The first-order chi connectivity index (χ1) is 8.30. The molecule has 0 atom stereocenters. The van der Waals surface area contributed by atoms with Gasteiger partial charge in [0.2, 0.25) is 5.91 Å². The van der Waals surface area contributed by atoms with Crippen LogP contribution in [0.4, 0.5) is 0 Å². The van der Waals surface area contributed by atoms with Crippen molar-refractivity contribution in [2.45, 2.75) is 18.3 Å². The molecule has 1 saturated carbocycles. The van der Waals surface area contributed by atoms with E-state index in [1.165, 1.54) is 18.4 Å². The van der Waals surface area contributed by atoms with Crippen molar-refractivity contribution in [3.05, 3.63) is 35.9 Å².